The largest absolute Gasteiger partial charge is 0.481 e. The predicted octanol–water partition coefficient (Wildman–Crippen LogP) is 4.82. The summed E-state index contributed by atoms with van der Waals surface area (Å²) in [6.07, 6.45) is 1.82. The number of nitrogens with one attached hydrogen (secondary N) is 1. The number of rotatable bonds is 7. The smallest absolute Gasteiger partial charge is 0.304 e. The van der Waals surface area contributed by atoms with Crippen LogP contribution in [-0.4, -0.2) is 28.7 Å². The first-order valence-corrected chi connectivity index (χ1v) is 11.2. The van der Waals surface area contributed by atoms with E-state index in [1.165, 1.54) is 0 Å². The van der Waals surface area contributed by atoms with Crippen LogP contribution in [0.3, 0.4) is 0 Å². The van der Waals surface area contributed by atoms with Crippen molar-refractivity contribution in [2.75, 3.05) is 6.61 Å². The van der Waals surface area contributed by atoms with Crippen LogP contribution in [0.1, 0.15) is 48.8 Å². The molecule has 1 aliphatic carbocycles. The molecule has 0 bridgehead atoms. The number of halogens is 2. The molecule has 31 heavy (non-hydrogen) atoms. The Balaban J connectivity index is 1.81. The monoisotopic (exact) mass is 461 g/mol. The van der Waals surface area contributed by atoms with E-state index in [0.717, 1.165) is 24.0 Å². The highest BCUT2D eigenvalue weighted by molar-refractivity contribution is 6.30. The number of aliphatic hydroxyl groups excluding tert-OH is 1. The molecule has 2 fully saturated rings. The van der Waals surface area contributed by atoms with Crippen molar-refractivity contribution in [3.8, 4) is 0 Å². The molecule has 5 nitrogen and oxygen atoms in total. The summed E-state index contributed by atoms with van der Waals surface area (Å²) in [7, 11) is 0. The van der Waals surface area contributed by atoms with Gasteiger partial charge in [0, 0.05) is 22.6 Å². The molecular formula is C24H25Cl2NO4. The number of hydrogen-bond donors (Lipinski definition) is 3. The Bertz CT molecular complexity index is 976. The summed E-state index contributed by atoms with van der Waals surface area (Å²) < 4.78 is 0. The lowest BCUT2D eigenvalue weighted by Crippen LogP contribution is -2.56. The van der Waals surface area contributed by atoms with E-state index < -0.39 is 17.3 Å². The number of carbonyl (C=O) groups is 2. The van der Waals surface area contributed by atoms with Gasteiger partial charge in [-0.3, -0.25) is 9.59 Å². The Morgan fingerprint density at radius 3 is 2.39 bits per heavy atom. The number of carboxylic acid groups (broad SMARTS) is 1. The fourth-order valence-corrected chi connectivity index (χ4v) is 5.49. The number of carbonyl (C=O) groups excluding carboxylic acids is 1. The van der Waals surface area contributed by atoms with E-state index in [1.807, 2.05) is 30.3 Å². The zero-order chi connectivity index (χ0) is 22.2. The number of amides is 1. The minimum absolute atomic E-state index is 0.169. The second-order valence-electron chi connectivity index (χ2n) is 8.72. The van der Waals surface area contributed by atoms with Crippen molar-refractivity contribution >= 4 is 35.1 Å². The van der Waals surface area contributed by atoms with Gasteiger partial charge in [0.25, 0.3) is 0 Å². The molecule has 4 rings (SSSR count). The van der Waals surface area contributed by atoms with E-state index in [1.54, 1.807) is 18.2 Å². The highest BCUT2D eigenvalue weighted by Crippen LogP contribution is 2.55. The summed E-state index contributed by atoms with van der Waals surface area (Å²) in [5, 5.41) is 24.2. The van der Waals surface area contributed by atoms with Gasteiger partial charge in [-0.25, -0.2) is 0 Å². The number of aliphatic carboxylic acids is 1. The quantitative estimate of drug-likeness (QED) is 0.551. The fraction of sp³-hybridized carbons (Fsp3) is 0.417. The first-order chi connectivity index (χ1) is 14.8. The summed E-state index contributed by atoms with van der Waals surface area (Å²) in [6.45, 7) is -0.209. The van der Waals surface area contributed by atoms with Gasteiger partial charge in [0.15, 0.2) is 0 Å². The van der Waals surface area contributed by atoms with Crippen molar-refractivity contribution in [1.82, 2.24) is 5.32 Å². The molecule has 7 heteroatoms. The molecule has 1 aliphatic heterocycles. The van der Waals surface area contributed by atoms with E-state index in [-0.39, 0.29) is 36.8 Å². The van der Waals surface area contributed by atoms with Crippen LogP contribution in [0, 0.1) is 17.3 Å². The van der Waals surface area contributed by atoms with Crippen LogP contribution in [-0.2, 0) is 9.59 Å². The highest BCUT2D eigenvalue weighted by Gasteiger charge is 2.56. The molecule has 2 aromatic carbocycles. The van der Waals surface area contributed by atoms with Crippen LogP contribution in [0.5, 0.6) is 0 Å². The average molecular weight is 462 g/mol. The van der Waals surface area contributed by atoms with Gasteiger partial charge >= 0.3 is 5.97 Å². The Kier molecular flexibility index (Phi) is 6.29. The first-order valence-electron chi connectivity index (χ1n) is 10.5. The number of aliphatic hydroxyl groups is 1. The van der Waals surface area contributed by atoms with Crippen LogP contribution in [0.15, 0.2) is 48.5 Å². The second kappa shape index (κ2) is 8.81. The lowest BCUT2D eigenvalue weighted by molar-refractivity contribution is -0.154. The lowest BCUT2D eigenvalue weighted by atomic mass is 9.60. The standard InChI is InChI=1S/C24H25Cl2NO4/c25-17-8-6-15(7-9-17)22-19(16-2-1-3-18(26)10-16)11-24(12-21(29)30,23(31)27-22)20(13-28)14-4-5-14/h1-3,6-10,14,19-20,22,28H,4-5,11-13H2,(H,27,31)(H,29,30)/t19-,20+,22-,24-/m1/s1. The molecule has 0 radical (unpaired) electrons. The van der Waals surface area contributed by atoms with E-state index in [4.69, 9.17) is 23.2 Å². The molecule has 3 N–H and O–H groups in total. The van der Waals surface area contributed by atoms with Gasteiger partial charge in [-0.1, -0.05) is 47.5 Å². The van der Waals surface area contributed by atoms with E-state index in [0.29, 0.717) is 16.5 Å². The third-order valence-corrected chi connectivity index (χ3v) is 7.28. The van der Waals surface area contributed by atoms with Gasteiger partial charge in [0.1, 0.15) is 0 Å². The molecule has 0 unspecified atom stereocenters. The molecule has 1 saturated carbocycles. The summed E-state index contributed by atoms with van der Waals surface area (Å²) in [4.78, 5) is 25.4. The van der Waals surface area contributed by atoms with E-state index in [2.05, 4.69) is 5.32 Å². The van der Waals surface area contributed by atoms with Gasteiger partial charge < -0.3 is 15.5 Å². The highest BCUT2D eigenvalue weighted by atomic mass is 35.5. The lowest BCUT2D eigenvalue weighted by Gasteiger charge is -2.47. The topological polar surface area (TPSA) is 86.6 Å². The Labute approximate surface area is 191 Å². The number of piperidine rings is 1. The maximum atomic E-state index is 13.5. The molecule has 1 amide bonds. The summed E-state index contributed by atoms with van der Waals surface area (Å²) in [6, 6.07) is 14.4. The summed E-state index contributed by atoms with van der Waals surface area (Å²) in [5.41, 5.74) is 0.630. The molecular weight excluding hydrogens is 437 g/mol. The van der Waals surface area contributed by atoms with Crippen molar-refractivity contribution in [3.63, 3.8) is 0 Å². The van der Waals surface area contributed by atoms with Gasteiger partial charge in [0.2, 0.25) is 5.91 Å². The van der Waals surface area contributed by atoms with Crippen LogP contribution in [0.2, 0.25) is 10.0 Å². The van der Waals surface area contributed by atoms with Crippen molar-refractivity contribution in [1.29, 1.82) is 0 Å². The molecule has 0 aromatic heterocycles. The predicted molar refractivity (Wildman–Crippen MR) is 119 cm³/mol. The van der Waals surface area contributed by atoms with E-state index >= 15 is 0 Å². The number of benzene rings is 2. The van der Waals surface area contributed by atoms with E-state index in [9.17, 15) is 19.8 Å². The Morgan fingerprint density at radius 2 is 1.81 bits per heavy atom. The maximum Gasteiger partial charge on any atom is 0.304 e. The normalized spacial score (nSPS) is 26.9. The number of hydrogen-bond acceptors (Lipinski definition) is 3. The maximum absolute atomic E-state index is 13.5. The Morgan fingerprint density at radius 1 is 1.10 bits per heavy atom. The van der Waals surface area contributed by atoms with Gasteiger partial charge in [-0.2, -0.15) is 0 Å². The minimum Gasteiger partial charge on any atom is -0.481 e. The van der Waals surface area contributed by atoms with Gasteiger partial charge in [0.05, 0.1) is 17.9 Å². The molecule has 4 atom stereocenters. The molecule has 2 aromatic rings. The average Bonchev–Trinajstić information content (AvgIpc) is 3.55. The molecule has 164 valence electrons. The zero-order valence-electron chi connectivity index (χ0n) is 16.9. The number of carboxylic acids is 1. The zero-order valence-corrected chi connectivity index (χ0v) is 18.4. The van der Waals surface area contributed by atoms with Crippen LogP contribution < -0.4 is 5.32 Å². The second-order valence-corrected chi connectivity index (χ2v) is 9.59. The third-order valence-electron chi connectivity index (χ3n) is 6.80. The van der Waals surface area contributed by atoms with Crippen molar-refractivity contribution < 1.29 is 19.8 Å². The van der Waals surface area contributed by atoms with Crippen molar-refractivity contribution in [3.05, 3.63) is 69.7 Å². The summed E-state index contributed by atoms with van der Waals surface area (Å²) in [5.74, 6) is -1.77. The van der Waals surface area contributed by atoms with Crippen LogP contribution >= 0.6 is 23.2 Å². The molecule has 2 aliphatic rings. The molecule has 0 spiro atoms. The Hall–Kier alpha value is -2.08. The third kappa shape index (κ3) is 4.45. The van der Waals surface area contributed by atoms with Crippen LogP contribution in [0.4, 0.5) is 0 Å². The molecule has 1 saturated heterocycles. The van der Waals surface area contributed by atoms with Crippen LogP contribution in [0.25, 0.3) is 0 Å². The van der Waals surface area contributed by atoms with Gasteiger partial charge in [-0.05, 0) is 66.5 Å². The minimum atomic E-state index is -1.18. The first kappa shape index (κ1) is 22.1. The summed E-state index contributed by atoms with van der Waals surface area (Å²) >= 11 is 12.3. The SMILES string of the molecule is O=C(O)C[C@@]1([C@@H](CO)C2CC2)C[C@H](c2cccc(Cl)c2)[C@@H](c2ccc(Cl)cc2)NC1=O. The van der Waals surface area contributed by atoms with Gasteiger partial charge in [-0.15, -0.1) is 0 Å². The molecule has 1 heterocycles. The van der Waals surface area contributed by atoms with Crippen molar-refractivity contribution in [2.45, 2.75) is 37.6 Å². The fourth-order valence-electron chi connectivity index (χ4n) is 5.17. The van der Waals surface area contributed by atoms with Crippen molar-refractivity contribution in [2.24, 2.45) is 17.3 Å².